The monoisotopic (exact) mass is 384 g/mol. The molecule has 28 heavy (non-hydrogen) atoms. The number of aryl methyl sites for hydroxylation is 1. The Kier molecular flexibility index (Phi) is 6.63. The SMILES string of the molecule is COc1cc(F)ccc1NC(=O)C1CCN(C(=O)CCc2ccccc2)CC1. The number of hydrogen-bond donors (Lipinski definition) is 1. The van der Waals surface area contributed by atoms with Gasteiger partial charge >= 0.3 is 0 Å². The highest BCUT2D eigenvalue weighted by Gasteiger charge is 2.27. The van der Waals surface area contributed by atoms with Crippen molar-refractivity contribution in [1.29, 1.82) is 0 Å². The van der Waals surface area contributed by atoms with Gasteiger partial charge in [0, 0.05) is 31.5 Å². The van der Waals surface area contributed by atoms with Crippen molar-refractivity contribution in [3.8, 4) is 5.75 Å². The molecule has 1 aliphatic rings. The molecule has 6 heteroatoms. The number of hydrogen-bond acceptors (Lipinski definition) is 3. The van der Waals surface area contributed by atoms with Crippen LogP contribution < -0.4 is 10.1 Å². The van der Waals surface area contributed by atoms with Gasteiger partial charge in [-0.25, -0.2) is 4.39 Å². The Morgan fingerprint density at radius 2 is 1.86 bits per heavy atom. The maximum absolute atomic E-state index is 13.3. The molecule has 1 heterocycles. The number of nitrogens with zero attached hydrogens (tertiary/aromatic N) is 1. The average molecular weight is 384 g/mol. The molecule has 0 unspecified atom stereocenters. The van der Waals surface area contributed by atoms with Crippen LogP contribution in [0.4, 0.5) is 10.1 Å². The summed E-state index contributed by atoms with van der Waals surface area (Å²) in [6.45, 7) is 1.15. The van der Waals surface area contributed by atoms with Gasteiger partial charge in [-0.05, 0) is 37.0 Å². The zero-order valence-corrected chi connectivity index (χ0v) is 16.0. The summed E-state index contributed by atoms with van der Waals surface area (Å²) in [5, 5.41) is 2.82. The van der Waals surface area contributed by atoms with Crippen molar-refractivity contribution in [2.75, 3.05) is 25.5 Å². The smallest absolute Gasteiger partial charge is 0.227 e. The zero-order valence-electron chi connectivity index (χ0n) is 16.0. The number of rotatable bonds is 6. The third-order valence-corrected chi connectivity index (χ3v) is 5.11. The van der Waals surface area contributed by atoms with E-state index in [9.17, 15) is 14.0 Å². The van der Waals surface area contributed by atoms with Crippen LogP contribution >= 0.6 is 0 Å². The summed E-state index contributed by atoms with van der Waals surface area (Å²) in [5.41, 5.74) is 1.61. The first-order chi connectivity index (χ1) is 13.6. The molecule has 5 nitrogen and oxygen atoms in total. The van der Waals surface area contributed by atoms with Crippen molar-refractivity contribution in [2.24, 2.45) is 5.92 Å². The predicted octanol–water partition coefficient (Wildman–Crippen LogP) is 3.64. The van der Waals surface area contributed by atoms with E-state index in [1.54, 1.807) is 0 Å². The van der Waals surface area contributed by atoms with Crippen molar-refractivity contribution >= 4 is 17.5 Å². The van der Waals surface area contributed by atoms with Crippen LogP contribution in [0.25, 0.3) is 0 Å². The number of ether oxygens (including phenoxy) is 1. The lowest BCUT2D eigenvalue weighted by molar-refractivity contribution is -0.134. The molecular weight excluding hydrogens is 359 g/mol. The Morgan fingerprint density at radius 1 is 1.14 bits per heavy atom. The summed E-state index contributed by atoms with van der Waals surface area (Å²) < 4.78 is 18.4. The minimum Gasteiger partial charge on any atom is -0.494 e. The second-order valence-corrected chi connectivity index (χ2v) is 6.97. The van der Waals surface area contributed by atoms with E-state index in [0.717, 1.165) is 12.0 Å². The van der Waals surface area contributed by atoms with Crippen molar-refractivity contribution in [3.05, 3.63) is 59.9 Å². The molecule has 148 valence electrons. The van der Waals surface area contributed by atoms with Gasteiger partial charge < -0.3 is 15.0 Å². The molecule has 2 aromatic carbocycles. The number of likely N-dealkylation sites (tertiary alicyclic amines) is 1. The maximum atomic E-state index is 13.3. The lowest BCUT2D eigenvalue weighted by atomic mass is 9.95. The summed E-state index contributed by atoms with van der Waals surface area (Å²) in [6.07, 6.45) is 2.44. The first-order valence-electron chi connectivity index (χ1n) is 9.53. The van der Waals surface area contributed by atoms with Crippen LogP contribution in [0.2, 0.25) is 0 Å². The molecule has 2 aromatic rings. The highest BCUT2D eigenvalue weighted by Crippen LogP contribution is 2.27. The van der Waals surface area contributed by atoms with Crippen LogP contribution in [-0.4, -0.2) is 36.9 Å². The van der Waals surface area contributed by atoms with Gasteiger partial charge in [0.15, 0.2) is 0 Å². The summed E-state index contributed by atoms with van der Waals surface area (Å²) >= 11 is 0. The summed E-state index contributed by atoms with van der Waals surface area (Å²) in [4.78, 5) is 26.8. The molecule has 0 aromatic heterocycles. The van der Waals surface area contributed by atoms with E-state index < -0.39 is 5.82 Å². The largest absolute Gasteiger partial charge is 0.494 e. The molecule has 0 spiro atoms. The van der Waals surface area contributed by atoms with Crippen LogP contribution in [-0.2, 0) is 16.0 Å². The standard InChI is InChI=1S/C22H25FN2O3/c1-28-20-15-18(23)8-9-19(20)24-22(27)17-11-13-25(14-12-17)21(26)10-7-16-5-3-2-4-6-16/h2-6,8-9,15,17H,7,10-14H2,1H3,(H,24,27). The fraction of sp³-hybridized carbons (Fsp3) is 0.364. The molecule has 3 rings (SSSR count). The van der Waals surface area contributed by atoms with Gasteiger partial charge in [-0.2, -0.15) is 0 Å². The predicted molar refractivity (Wildman–Crippen MR) is 106 cm³/mol. The molecule has 0 atom stereocenters. The van der Waals surface area contributed by atoms with Gasteiger partial charge in [-0.3, -0.25) is 9.59 Å². The number of methoxy groups -OCH3 is 1. The van der Waals surface area contributed by atoms with Gasteiger partial charge in [0.05, 0.1) is 12.8 Å². The second kappa shape index (κ2) is 9.35. The van der Waals surface area contributed by atoms with Crippen molar-refractivity contribution in [3.63, 3.8) is 0 Å². The zero-order chi connectivity index (χ0) is 19.9. The van der Waals surface area contributed by atoms with Crippen LogP contribution in [0.15, 0.2) is 48.5 Å². The van der Waals surface area contributed by atoms with E-state index in [4.69, 9.17) is 4.74 Å². The molecule has 0 radical (unpaired) electrons. The molecule has 0 saturated carbocycles. The van der Waals surface area contributed by atoms with Crippen LogP contribution in [0.5, 0.6) is 5.75 Å². The summed E-state index contributed by atoms with van der Waals surface area (Å²) in [7, 11) is 1.43. The topological polar surface area (TPSA) is 58.6 Å². The minimum absolute atomic E-state index is 0.124. The van der Waals surface area contributed by atoms with E-state index in [1.807, 2.05) is 35.2 Å². The highest BCUT2D eigenvalue weighted by atomic mass is 19.1. The first-order valence-corrected chi connectivity index (χ1v) is 9.53. The molecular formula is C22H25FN2O3. The molecule has 1 saturated heterocycles. The van der Waals surface area contributed by atoms with Gasteiger partial charge in [0.2, 0.25) is 11.8 Å². The van der Waals surface area contributed by atoms with Crippen LogP contribution in [0, 0.1) is 11.7 Å². The molecule has 0 bridgehead atoms. The number of carbonyl (C=O) groups is 2. The van der Waals surface area contributed by atoms with E-state index in [-0.39, 0.29) is 17.7 Å². The molecule has 1 aliphatic heterocycles. The fourth-order valence-electron chi connectivity index (χ4n) is 3.45. The quantitative estimate of drug-likeness (QED) is 0.827. The molecule has 1 N–H and O–H groups in total. The van der Waals surface area contributed by atoms with E-state index in [0.29, 0.717) is 43.8 Å². The summed E-state index contributed by atoms with van der Waals surface area (Å²) in [6, 6.07) is 14.0. The number of benzene rings is 2. The van der Waals surface area contributed by atoms with Gasteiger partial charge in [0.1, 0.15) is 11.6 Å². The third-order valence-electron chi connectivity index (χ3n) is 5.11. The van der Waals surface area contributed by atoms with Crippen LogP contribution in [0.1, 0.15) is 24.8 Å². The highest BCUT2D eigenvalue weighted by molar-refractivity contribution is 5.94. The lowest BCUT2D eigenvalue weighted by Crippen LogP contribution is -2.41. The van der Waals surface area contributed by atoms with E-state index in [2.05, 4.69) is 5.32 Å². The Hall–Kier alpha value is -2.89. The number of piperidine rings is 1. The van der Waals surface area contributed by atoms with Crippen molar-refractivity contribution in [1.82, 2.24) is 4.90 Å². The number of amides is 2. The van der Waals surface area contributed by atoms with Crippen molar-refractivity contribution in [2.45, 2.75) is 25.7 Å². The summed E-state index contributed by atoms with van der Waals surface area (Å²) in [5.74, 6) is -0.295. The number of carbonyl (C=O) groups excluding carboxylic acids is 2. The Balaban J connectivity index is 1.48. The third kappa shape index (κ3) is 5.09. The fourth-order valence-corrected chi connectivity index (χ4v) is 3.45. The number of anilines is 1. The minimum atomic E-state index is -0.419. The average Bonchev–Trinajstić information content (AvgIpc) is 2.74. The molecule has 0 aliphatic carbocycles. The lowest BCUT2D eigenvalue weighted by Gasteiger charge is -2.31. The number of nitrogens with one attached hydrogen (secondary N) is 1. The normalized spacial score (nSPS) is 14.6. The van der Waals surface area contributed by atoms with E-state index >= 15 is 0 Å². The van der Waals surface area contributed by atoms with Crippen molar-refractivity contribution < 1.29 is 18.7 Å². The number of halogens is 1. The maximum Gasteiger partial charge on any atom is 0.227 e. The Bertz CT molecular complexity index is 818. The van der Waals surface area contributed by atoms with Gasteiger partial charge in [-0.15, -0.1) is 0 Å². The first kappa shape index (κ1) is 19.9. The van der Waals surface area contributed by atoms with Gasteiger partial charge in [0.25, 0.3) is 0 Å². The Labute approximate surface area is 164 Å². The molecule has 2 amide bonds. The molecule has 1 fully saturated rings. The van der Waals surface area contributed by atoms with Crippen LogP contribution in [0.3, 0.4) is 0 Å². The Morgan fingerprint density at radius 3 is 2.54 bits per heavy atom. The van der Waals surface area contributed by atoms with Gasteiger partial charge in [-0.1, -0.05) is 30.3 Å². The second-order valence-electron chi connectivity index (χ2n) is 6.97. The van der Waals surface area contributed by atoms with E-state index in [1.165, 1.54) is 25.3 Å².